The Labute approximate surface area is 172 Å². The number of nitrogens with two attached hydrogens (primary N) is 1. The zero-order valence-electron chi connectivity index (χ0n) is 17.0. The van der Waals surface area contributed by atoms with Gasteiger partial charge in [0.25, 0.3) is 5.56 Å². The Kier molecular flexibility index (Phi) is 5.20. The van der Waals surface area contributed by atoms with Crippen molar-refractivity contribution in [3.05, 3.63) is 52.4 Å². The molecule has 0 bridgehead atoms. The van der Waals surface area contributed by atoms with Gasteiger partial charge in [0.1, 0.15) is 5.75 Å². The highest BCUT2D eigenvalue weighted by Crippen LogP contribution is 2.30. The van der Waals surface area contributed by atoms with E-state index in [-0.39, 0.29) is 11.5 Å². The van der Waals surface area contributed by atoms with Crippen LogP contribution in [0.1, 0.15) is 5.56 Å². The van der Waals surface area contributed by atoms with Gasteiger partial charge in [-0.1, -0.05) is 0 Å². The molecule has 4 aromatic rings. The maximum atomic E-state index is 13.2. The number of aromatic nitrogens is 3. The monoisotopic (exact) mass is 409 g/mol. The van der Waals surface area contributed by atoms with Gasteiger partial charge in [-0.05, 0) is 36.2 Å². The summed E-state index contributed by atoms with van der Waals surface area (Å²) in [6.45, 7) is 0.389. The molecule has 0 radical (unpaired) electrons. The molecule has 0 saturated carbocycles. The normalized spacial score (nSPS) is 11.1. The number of hydrazine groups is 1. The van der Waals surface area contributed by atoms with Crippen LogP contribution in [0.4, 0.5) is 5.95 Å². The number of aromatic amines is 1. The number of hydrogen-bond acceptors (Lipinski definition) is 7. The van der Waals surface area contributed by atoms with Gasteiger partial charge in [0.2, 0.25) is 5.95 Å². The fourth-order valence-corrected chi connectivity index (χ4v) is 3.59. The van der Waals surface area contributed by atoms with E-state index in [4.69, 9.17) is 20.1 Å². The third kappa shape index (κ3) is 3.29. The minimum Gasteiger partial charge on any atom is -0.497 e. The van der Waals surface area contributed by atoms with Gasteiger partial charge in [0, 0.05) is 29.7 Å². The van der Waals surface area contributed by atoms with Crippen molar-refractivity contribution in [2.75, 3.05) is 26.8 Å². The topological polar surface area (TPSA) is 116 Å². The Morgan fingerprint density at radius 2 is 1.83 bits per heavy atom. The molecule has 0 saturated heterocycles. The predicted molar refractivity (Wildman–Crippen MR) is 115 cm³/mol. The van der Waals surface area contributed by atoms with Crippen molar-refractivity contribution < 1.29 is 14.2 Å². The number of benzene rings is 2. The Morgan fingerprint density at radius 3 is 2.53 bits per heavy atom. The van der Waals surface area contributed by atoms with Crippen molar-refractivity contribution in [3.8, 4) is 17.2 Å². The first kappa shape index (κ1) is 19.6. The Balaban J connectivity index is 1.75. The zero-order chi connectivity index (χ0) is 21.3. The Morgan fingerprint density at radius 1 is 1.07 bits per heavy atom. The number of nitrogens with one attached hydrogen (secondary N) is 2. The first-order valence-electron chi connectivity index (χ1n) is 9.36. The van der Waals surface area contributed by atoms with E-state index in [1.54, 1.807) is 19.2 Å². The number of aryl methyl sites for hydroxylation is 1. The molecule has 2 heterocycles. The summed E-state index contributed by atoms with van der Waals surface area (Å²) in [7, 11) is 4.69. The lowest BCUT2D eigenvalue weighted by molar-refractivity contribution is 0.355. The number of nitrogen functional groups attached to an aromatic ring is 1. The quantitative estimate of drug-likeness (QED) is 0.317. The predicted octanol–water partition coefficient (Wildman–Crippen LogP) is 2.43. The highest BCUT2D eigenvalue weighted by Gasteiger charge is 2.15. The van der Waals surface area contributed by atoms with Gasteiger partial charge < -0.3 is 19.2 Å². The SMILES string of the molecule is COc1ccc2[nH]cc(CCn3c(NN)nc4cc(OC)c(OC)cc4c3=O)c2c1. The lowest BCUT2D eigenvalue weighted by atomic mass is 10.1. The number of H-pyrrole nitrogens is 1. The maximum absolute atomic E-state index is 13.2. The van der Waals surface area contributed by atoms with Gasteiger partial charge in [0.15, 0.2) is 11.5 Å². The second-order valence-electron chi connectivity index (χ2n) is 6.74. The second kappa shape index (κ2) is 7.96. The van der Waals surface area contributed by atoms with Crippen LogP contribution < -0.4 is 31.0 Å². The third-order valence-electron chi connectivity index (χ3n) is 5.17. The number of fused-ring (bicyclic) bond motifs is 2. The number of methoxy groups -OCH3 is 3. The standard InChI is InChI=1S/C21H23N5O4/c1-28-13-4-5-16-14(8-13)12(11-23-16)6-7-26-20(27)15-9-18(29-2)19(30-3)10-17(15)24-21(26)25-22/h4-5,8-11,23H,6-7,22H2,1-3H3,(H,24,25). The highest BCUT2D eigenvalue weighted by atomic mass is 16.5. The molecule has 0 fully saturated rings. The summed E-state index contributed by atoms with van der Waals surface area (Å²) >= 11 is 0. The van der Waals surface area contributed by atoms with Crippen LogP contribution in [0.3, 0.4) is 0 Å². The molecular weight excluding hydrogens is 386 g/mol. The summed E-state index contributed by atoms with van der Waals surface area (Å²) in [4.78, 5) is 20.9. The lowest BCUT2D eigenvalue weighted by Crippen LogP contribution is -2.28. The van der Waals surface area contributed by atoms with E-state index >= 15 is 0 Å². The van der Waals surface area contributed by atoms with Crippen LogP contribution in [-0.4, -0.2) is 35.9 Å². The summed E-state index contributed by atoms with van der Waals surface area (Å²) in [5.74, 6) is 7.67. The van der Waals surface area contributed by atoms with Gasteiger partial charge in [-0.2, -0.15) is 0 Å². The molecule has 0 unspecified atom stereocenters. The van der Waals surface area contributed by atoms with Gasteiger partial charge >= 0.3 is 0 Å². The van der Waals surface area contributed by atoms with Crippen molar-refractivity contribution in [1.82, 2.24) is 14.5 Å². The van der Waals surface area contributed by atoms with Crippen LogP contribution in [0, 0.1) is 0 Å². The van der Waals surface area contributed by atoms with Gasteiger partial charge in [-0.25, -0.2) is 10.8 Å². The number of nitrogens with zero attached hydrogens (tertiary/aromatic N) is 2. The minimum atomic E-state index is -0.216. The van der Waals surface area contributed by atoms with Crippen molar-refractivity contribution in [2.45, 2.75) is 13.0 Å². The number of anilines is 1. The van der Waals surface area contributed by atoms with E-state index in [2.05, 4.69) is 15.4 Å². The van der Waals surface area contributed by atoms with Gasteiger partial charge in [-0.15, -0.1) is 0 Å². The fraction of sp³-hybridized carbons (Fsp3) is 0.238. The van der Waals surface area contributed by atoms with E-state index in [1.807, 2.05) is 24.4 Å². The summed E-state index contributed by atoms with van der Waals surface area (Å²) < 4.78 is 17.5. The van der Waals surface area contributed by atoms with E-state index in [0.29, 0.717) is 35.4 Å². The van der Waals surface area contributed by atoms with Gasteiger partial charge in [-0.3, -0.25) is 14.8 Å². The third-order valence-corrected chi connectivity index (χ3v) is 5.17. The molecule has 9 nitrogen and oxygen atoms in total. The molecule has 2 aromatic carbocycles. The fourth-order valence-electron chi connectivity index (χ4n) is 3.59. The van der Waals surface area contributed by atoms with Crippen LogP contribution in [0.2, 0.25) is 0 Å². The molecule has 0 amide bonds. The van der Waals surface area contributed by atoms with Crippen LogP contribution >= 0.6 is 0 Å². The van der Waals surface area contributed by atoms with Crippen molar-refractivity contribution in [2.24, 2.45) is 5.84 Å². The molecule has 2 aromatic heterocycles. The number of ether oxygens (including phenoxy) is 3. The van der Waals surface area contributed by atoms with Crippen molar-refractivity contribution in [3.63, 3.8) is 0 Å². The van der Waals surface area contributed by atoms with Crippen LogP contribution in [0.25, 0.3) is 21.8 Å². The molecule has 0 aliphatic carbocycles. The zero-order valence-corrected chi connectivity index (χ0v) is 17.0. The highest BCUT2D eigenvalue weighted by molar-refractivity contribution is 5.85. The van der Waals surface area contributed by atoms with Gasteiger partial charge in [0.05, 0.1) is 32.2 Å². The smallest absolute Gasteiger partial charge is 0.262 e. The molecule has 9 heteroatoms. The maximum Gasteiger partial charge on any atom is 0.262 e. The molecule has 0 atom stereocenters. The summed E-state index contributed by atoms with van der Waals surface area (Å²) in [5.41, 5.74) is 4.85. The van der Waals surface area contributed by atoms with Crippen molar-refractivity contribution >= 4 is 27.8 Å². The minimum absolute atomic E-state index is 0.216. The van der Waals surface area contributed by atoms with Crippen LogP contribution in [0.15, 0.2) is 41.3 Å². The Bertz CT molecular complexity index is 1280. The molecule has 0 spiro atoms. The molecule has 30 heavy (non-hydrogen) atoms. The molecule has 4 N–H and O–H groups in total. The van der Waals surface area contributed by atoms with E-state index in [1.165, 1.54) is 18.8 Å². The molecular formula is C21H23N5O4. The first-order chi connectivity index (χ1) is 14.6. The van der Waals surface area contributed by atoms with E-state index in [0.717, 1.165) is 22.2 Å². The number of hydrogen-bond donors (Lipinski definition) is 3. The average Bonchev–Trinajstić information content (AvgIpc) is 3.19. The summed E-state index contributed by atoms with van der Waals surface area (Å²) in [6.07, 6.45) is 2.54. The molecule has 0 aliphatic rings. The van der Waals surface area contributed by atoms with Crippen LogP contribution in [0.5, 0.6) is 17.2 Å². The Hall–Kier alpha value is -3.72. The molecule has 4 rings (SSSR count). The van der Waals surface area contributed by atoms with E-state index in [9.17, 15) is 4.79 Å². The van der Waals surface area contributed by atoms with Crippen LogP contribution in [-0.2, 0) is 13.0 Å². The largest absolute Gasteiger partial charge is 0.497 e. The molecule has 156 valence electrons. The molecule has 0 aliphatic heterocycles. The summed E-state index contributed by atoms with van der Waals surface area (Å²) in [5, 5.41) is 1.47. The first-order valence-corrected chi connectivity index (χ1v) is 9.36. The van der Waals surface area contributed by atoms with E-state index < -0.39 is 0 Å². The van der Waals surface area contributed by atoms with Crippen molar-refractivity contribution in [1.29, 1.82) is 0 Å². The lowest BCUT2D eigenvalue weighted by Gasteiger charge is -2.14. The number of rotatable bonds is 7. The second-order valence-corrected chi connectivity index (χ2v) is 6.74. The summed E-state index contributed by atoms with van der Waals surface area (Å²) in [6, 6.07) is 9.14. The average molecular weight is 409 g/mol.